The molecule has 0 aliphatic carbocycles. The molecule has 0 spiro atoms. The molecule has 1 aromatic rings. The first-order chi connectivity index (χ1) is 11.4. The highest BCUT2D eigenvalue weighted by atomic mass is 16.5. The van der Waals surface area contributed by atoms with Crippen LogP contribution in [-0.2, 0) is 14.3 Å². The van der Waals surface area contributed by atoms with E-state index in [2.05, 4.69) is 0 Å². The number of amides is 1. The third kappa shape index (κ3) is 3.80. The van der Waals surface area contributed by atoms with E-state index in [4.69, 9.17) is 14.2 Å². The number of methoxy groups -OCH3 is 2. The minimum atomic E-state index is -0.533. The molecule has 1 amide bonds. The van der Waals surface area contributed by atoms with Crippen LogP contribution < -0.4 is 9.47 Å². The summed E-state index contributed by atoms with van der Waals surface area (Å²) >= 11 is 0. The van der Waals surface area contributed by atoms with Gasteiger partial charge in [-0.25, -0.2) is 4.79 Å². The molecular weight excluding hydrogens is 310 g/mol. The zero-order valence-corrected chi connectivity index (χ0v) is 14.9. The van der Waals surface area contributed by atoms with Gasteiger partial charge in [0.25, 0.3) is 0 Å². The van der Waals surface area contributed by atoms with Crippen LogP contribution in [0, 0.1) is 0 Å². The summed E-state index contributed by atoms with van der Waals surface area (Å²) in [6.45, 7) is 5.86. The molecule has 1 heterocycles. The number of nitrogens with zero attached hydrogens (tertiary/aromatic N) is 1. The smallest absolute Gasteiger partial charge is 0.328 e. The average Bonchev–Trinajstić information content (AvgIpc) is 2.99. The number of hydrogen-bond donors (Lipinski definition) is 0. The molecule has 0 unspecified atom stereocenters. The van der Waals surface area contributed by atoms with Crippen molar-refractivity contribution in [1.29, 1.82) is 0 Å². The summed E-state index contributed by atoms with van der Waals surface area (Å²) in [7, 11) is 2.94. The summed E-state index contributed by atoms with van der Waals surface area (Å²) < 4.78 is 16.0. The Morgan fingerprint density at radius 3 is 2.46 bits per heavy atom. The van der Waals surface area contributed by atoms with Crippen LogP contribution in [0.4, 0.5) is 0 Å². The number of carbonyl (C=O) groups excluding carboxylic acids is 2. The van der Waals surface area contributed by atoms with Gasteiger partial charge in [-0.3, -0.25) is 4.79 Å². The van der Waals surface area contributed by atoms with E-state index < -0.39 is 6.04 Å². The monoisotopic (exact) mass is 335 g/mol. The molecule has 0 N–H and O–H groups in total. The quantitative estimate of drug-likeness (QED) is 0.773. The van der Waals surface area contributed by atoms with Gasteiger partial charge in [-0.05, 0) is 38.0 Å². The highest BCUT2D eigenvalue weighted by molar-refractivity contribution is 5.84. The number of ether oxygens (including phenoxy) is 3. The lowest BCUT2D eigenvalue weighted by molar-refractivity contribution is -0.150. The van der Waals surface area contributed by atoms with Crippen molar-refractivity contribution in [3.8, 4) is 11.5 Å². The van der Waals surface area contributed by atoms with Crippen LogP contribution in [0.5, 0.6) is 11.5 Å². The fraction of sp³-hybridized carbons (Fsp3) is 0.556. The topological polar surface area (TPSA) is 65.1 Å². The minimum absolute atomic E-state index is 0.0225. The number of rotatable bonds is 5. The first-order valence-corrected chi connectivity index (χ1v) is 8.07. The summed E-state index contributed by atoms with van der Waals surface area (Å²) in [5, 5.41) is 0. The van der Waals surface area contributed by atoms with E-state index in [0.29, 0.717) is 24.5 Å². The molecule has 1 aromatic carbocycles. The normalized spacial score (nSPS) is 20.2. The van der Waals surface area contributed by atoms with Gasteiger partial charge in [-0.1, -0.05) is 6.07 Å². The predicted octanol–water partition coefficient (Wildman–Crippen LogP) is 2.36. The van der Waals surface area contributed by atoms with Gasteiger partial charge < -0.3 is 19.1 Å². The minimum Gasteiger partial charge on any atom is -0.493 e. The highest BCUT2D eigenvalue weighted by Gasteiger charge is 2.39. The predicted molar refractivity (Wildman–Crippen MR) is 89.3 cm³/mol. The molecule has 0 bridgehead atoms. The second-order valence-corrected chi connectivity index (χ2v) is 6.22. The molecule has 132 valence electrons. The van der Waals surface area contributed by atoms with Crippen molar-refractivity contribution < 1.29 is 23.8 Å². The third-order valence-electron chi connectivity index (χ3n) is 4.20. The summed E-state index contributed by atoms with van der Waals surface area (Å²) in [6.07, 6.45) is 0.564. The Balaban J connectivity index is 2.28. The van der Waals surface area contributed by atoms with Crippen molar-refractivity contribution in [3.63, 3.8) is 0 Å². The Morgan fingerprint density at radius 1 is 1.21 bits per heavy atom. The van der Waals surface area contributed by atoms with Crippen molar-refractivity contribution in [1.82, 2.24) is 4.90 Å². The molecule has 24 heavy (non-hydrogen) atoms. The average molecular weight is 335 g/mol. The zero-order chi connectivity index (χ0) is 17.9. The summed E-state index contributed by atoms with van der Waals surface area (Å²) in [6, 6.07) is 5.21. The number of esters is 1. The second kappa shape index (κ2) is 7.55. The van der Waals surface area contributed by atoms with E-state index in [1.165, 1.54) is 14.0 Å². The molecule has 2 atom stereocenters. The Kier molecular flexibility index (Phi) is 5.70. The molecule has 1 aliphatic rings. The fourth-order valence-electron chi connectivity index (χ4n) is 3.08. The summed E-state index contributed by atoms with van der Waals surface area (Å²) in [4.78, 5) is 25.4. The number of benzene rings is 1. The summed E-state index contributed by atoms with van der Waals surface area (Å²) in [5.41, 5.74) is 1.02. The molecule has 0 aromatic heterocycles. The number of carbonyl (C=O) groups is 2. The van der Waals surface area contributed by atoms with Crippen LogP contribution in [0.3, 0.4) is 0 Å². The highest BCUT2D eigenvalue weighted by Crippen LogP contribution is 2.37. The van der Waals surface area contributed by atoms with Crippen LogP contribution in [0.1, 0.15) is 38.7 Å². The van der Waals surface area contributed by atoms with Crippen LogP contribution >= 0.6 is 0 Å². The molecule has 1 saturated heterocycles. The first kappa shape index (κ1) is 18.1. The van der Waals surface area contributed by atoms with Crippen LogP contribution in [-0.4, -0.2) is 49.7 Å². The van der Waals surface area contributed by atoms with E-state index in [0.717, 1.165) is 5.56 Å². The molecule has 6 nitrogen and oxygen atoms in total. The summed E-state index contributed by atoms with van der Waals surface area (Å²) in [5.74, 6) is 0.887. The van der Waals surface area contributed by atoms with Gasteiger partial charge >= 0.3 is 5.97 Å². The Morgan fingerprint density at radius 2 is 1.92 bits per heavy atom. The maximum absolute atomic E-state index is 12.0. The van der Waals surface area contributed by atoms with Gasteiger partial charge in [0.2, 0.25) is 5.91 Å². The Hall–Kier alpha value is -2.24. The molecule has 1 aliphatic heterocycles. The van der Waals surface area contributed by atoms with Crippen LogP contribution in [0.2, 0.25) is 0 Å². The first-order valence-electron chi connectivity index (χ1n) is 8.07. The molecule has 2 rings (SSSR count). The van der Waals surface area contributed by atoms with Crippen molar-refractivity contribution >= 4 is 11.9 Å². The maximum Gasteiger partial charge on any atom is 0.328 e. The lowest BCUT2D eigenvalue weighted by Crippen LogP contribution is -2.39. The molecular formula is C18H25NO5. The standard InChI is InChI=1S/C18H25NO5/c1-11(2)24-17-9-13(6-7-16(17)22-4)14-8-15(18(21)23-5)19(10-14)12(3)20/h6-7,9,11,14-15H,8,10H2,1-5H3/t14-,15-/m1/s1. The number of likely N-dealkylation sites (tertiary alicyclic amines) is 1. The van der Waals surface area contributed by atoms with Gasteiger partial charge in [-0.2, -0.15) is 0 Å². The van der Waals surface area contributed by atoms with Gasteiger partial charge in [0.05, 0.1) is 20.3 Å². The third-order valence-corrected chi connectivity index (χ3v) is 4.20. The van der Waals surface area contributed by atoms with E-state index in [1.807, 2.05) is 32.0 Å². The fourth-order valence-corrected chi connectivity index (χ4v) is 3.08. The molecule has 6 heteroatoms. The molecule has 1 fully saturated rings. The largest absolute Gasteiger partial charge is 0.493 e. The maximum atomic E-state index is 12.0. The molecule has 0 radical (unpaired) electrons. The van der Waals surface area contributed by atoms with Gasteiger partial charge in [0.1, 0.15) is 6.04 Å². The van der Waals surface area contributed by atoms with Gasteiger partial charge in [0.15, 0.2) is 11.5 Å². The Labute approximate surface area is 142 Å². The van der Waals surface area contributed by atoms with E-state index >= 15 is 0 Å². The number of hydrogen-bond acceptors (Lipinski definition) is 5. The van der Waals surface area contributed by atoms with Crippen LogP contribution in [0.25, 0.3) is 0 Å². The van der Waals surface area contributed by atoms with Crippen molar-refractivity contribution in [2.75, 3.05) is 20.8 Å². The van der Waals surface area contributed by atoms with E-state index in [1.54, 1.807) is 12.0 Å². The van der Waals surface area contributed by atoms with Crippen molar-refractivity contribution in [2.45, 2.75) is 45.3 Å². The molecule has 0 saturated carbocycles. The van der Waals surface area contributed by atoms with E-state index in [-0.39, 0.29) is 23.9 Å². The zero-order valence-electron chi connectivity index (χ0n) is 14.9. The van der Waals surface area contributed by atoms with Crippen molar-refractivity contribution in [3.05, 3.63) is 23.8 Å². The van der Waals surface area contributed by atoms with Gasteiger partial charge in [-0.15, -0.1) is 0 Å². The van der Waals surface area contributed by atoms with E-state index in [9.17, 15) is 9.59 Å². The SMILES string of the molecule is COC(=O)[C@H]1C[C@@H](c2ccc(OC)c(OC(C)C)c2)CN1C(C)=O. The van der Waals surface area contributed by atoms with Gasteiger partial charge in [0, 0.05) is 19.4 Å². The van der Waals surface area contributed by atoms with Crippen LogP contribution in [0.15, 0.2) is 18.2 Å². The lowest BCUT2D eigenvalue weighted by atomic mass is 9.96. The Bertz CT molecular complexity index is 613. The lowest BCUT2D eigenvalue weighted by Gasteiger charge is -2.20. The second-order valence-electron chi connectivity index (χ2n) is 6.22. The van der Waals surface area contributed by atoms with Crippen molar-refractivity contribution in [2.24, 2.45) is 0 Å².